The quantitative estimate of drug-likeness (QED) is 0.171. The van der Waals surface area contributed by atoms with Gasteiger partial charge in [0.05, 0.1) is 17.0 Å². The predicted octanol–water partition coefficient (Wildman–Crippen LogP) is 10.1. The third-order valence-electron chi connectivity index (χ3n) is 6.55. The Labute approximate surface area is 233 Å². The predicted molar refractivity (Wildman–Crippen MR) is 143 cm³/mol. The monoisotopic (exact) mass is 592 g/mol. The van der Waals surface area contributed by atoms with Gasteiger partial charge in [0.15, 0.2) is 0 Å². The van der Waals surface area contributed by atoms with Crippen LogP contribution in [0.25, 0.3) is 31.7 Å². The van der Waals surface area contributed by atoms with Crippen molar-refractivity contribution in [2.75, 3.05) is 6.61 Å². The molecule has 0 aliphatic heterocycles. The molecule has 4 aromatic carbocycles. The van der Waals surface area contributed by atoms with Crippen molar-refractivity contribution < 1.29 is 39.9 Å². The van der Waals surface area contributed by atoms with E-state index in [2.05, 4.69) is 0 Å². The molecule has 0 aliphatic carbocycles. The molecular formula is C31H20F8OS. The van der Waals surface area contributed by atoms with E-state index in [0.29, 0.717) is 34.6 Å². The summed E-state index contributed by atoms with van der Waals surface area (Å²) < 4.78 is 117. The summed E-state index contributed by atoms with van der Waals surface area (Å²) in [6, 6.07) is 14.7. The lowest BCUT2D eigenvalue weighted by Gasteiger charge is -2.13. The Morgan fingerprint density at radius 2 is 1.29 bits per heavy atom. The van der Waals surface area contributed by atoms with Crippen molar-refractivity contribution in [1.82, 2.24) is 0 Å². The van der Waals surface area contributed by atoms with E-state index < -0.39 is 46.1 Å². The smallest absolute Gasteiger partial charge is 0.422 e. The van der Waals surface area contributed by atoms with E-state index in [1.54, 1.807) is 42.5 Å². The molecule has 41 heavy (non-hydrogen) atoms. The van der Waals surface area contributed by atoms with Crippen molar-refractivity contribution in [3.63, 3.8) is 0 Å². The molecule has 0 saturated heterocycles. The molecule has 5 rings (SSSR count). The molecule has 0 bridgehead atoms. The number of halogens is 8. The van der Waals surface area contributed by atoms with E-state index in [1.807, 2.05) is 6.92 Å². The normalized spacial score (nSPS) is 11.8. The van der Waals surface area contributed by atoms with E-state index in [9.17, 15) is 30.7 Å². The maximum absolute atomic E-state index is 15.1. The van der Waals surface area contributed by atoms with Gasteiger partial charge in [-0.05, 0) is 84.5 Å². The summed E-state index contributed by atoms with van der Waals surface area (Å²) in [5, 5.41) is 0.492. The molecule has 5 aromatic rings. The van der Waals surface area contributed by atoms with Crippen LogP contribution in [0, 0.1) is 29.1 Å². The zero-order chi connectivity index (χ0) is 29.5. The second kappa shape index (κ2) is 11.2. The molecular weight excluding hydrogens is 572 g/mol. The van der Waals surface area contributed by atoms with Crippen LogP contribution in [-0.2, 0) is 19.0 Å². The topological polar surface area (TPSA) is 9.23 Å². The molecule has 212 valence electrons. The number of hydrogen-bond acceptors (Lipinski definition) is 2. The Kier molecular flexibility index (Phi) is 7.78. The lowest BCUT2D eigenvalue weighted by molar-refractivity contribution is -0.142. The first-order chi connectivity index (χ1) is 19.5. The van der Waals surface area contributed by atoms with Crippen LogP contribution in [0.1, 0.15) is 23.6 Å². The van der Waals surface area contributed by atoms with Gasteiger partial charge in [-0.25, -0.2) is 22.0 Å². The Balaban J connectivity index is 1.33. The Morgan fingerprint density at radius 3 is 1.88 bits per heavy atom. The van der Waals surface area contributed by atoms with Gasteiger partial charge in [-0.3, -0.25) is 0 Å². The average Bonchev–Trinajstić information content (AvgIpc) is 3.22. The Hall–Kier alpha value is -3.92. The molecule has 0 atom stereocenters. The number of fused-ring (bicyclic) bond motifs is 1. The SMILES string of the molecule is CCOc1ccc2c(F)c(-c3ccc(CCc4cc(F)c(-c5cc(F)c(C(F)(F)F)c(F)c5)c(F)c4)cc3)sc2c1. The highest BCUT2D eigenvalue weighted by Gasteiger charge is 2.38. The highest BCUT2D eigenvalue weighted by atomic mass is 32.1. The van der Waals surface area contributed by atoms with E-state index in [4.69, 9.17) is 4.74 Å². The number of benzene rings is 4. The molecule has 1 aromatic heterocycles. The number of ether oxygens (including phenoxy) is 1. The Bertz CT molecular complexity index is 1690. The van der Waals surface area contributed by atoms with Gasteiger partial charge in [-0.2, -0.15) is 13.2 Å². The first-order valence-corrected chi connectivity index (χ1v) is 13.3. The second-order valence-electron chi connectivity index (χ2n) is 9.28. The fraction of sp³-hybridized carbons (Fsp3) is 0.161. The minimum absolute atomic E-state index is 0.195. The fourth-order valence-corrected chi connectivity index (χ4v) is 5.75. The van der Waals surface area contributed by atoms with Crippen molar-refractivity contribution >= 4 is 21.4 Å². The summed E-state index contributed by atoms with van der Waals surface area (Å²) in [5.41, 5.74) is -1.93. The van der Waals surface area contributed by atoms with Crippen molar-refractivity contribution in [3.05, 3.63) is 113 Å². The van der Waals surface area contributed by atoms with Crippen molar-refractivity contribution in [3.8, 4) is 27.3 Å². The summed E-state index contributed by atoms with van der Waals surface area (Å²) in [5.74, 6) is -5.94. The van der Waals surface area contributed by atoms with Gasteiger partial charge in [0.1, 0.15) is 40.4 Å². The van der Waals surface area contributed by atoms with Gasteiger partial charge >= 0.3 is 6.18 Å². The van der Waals surface area contributed by atoms with Crippen molar-refractivity contribution in [2.24, 2.45) is 0 Å². The largest absolute Gasteiger partial charge is 0.494 e. The average molecular weight is 593 g/mol. The number of hydrogen-bond donors (Lipinski definition) is 0. The van der Waals surface area contributed by atoms with E-state index in [-0.39, 0.29) is 29.9 Å². The number of alkyl halides is 3. The van der Waals surface area contributed by atoms with Crippen LogP contribution in [0.3, 0.4) is 0 Å². The molecule has 10 heteroatoms. The molecule has 0 amide bonds. The maximum atomic E-state index is 15.1. The highest BCUT2D eigenvalue weighted by Crippen LogP contribution is 2.40. The van der Waals surface area contributed by atoms with Gasteiger partial charge in [0.25, 0.3) is 0 Å². The summed E-state index contributed by atoms with van der Waals surface area (Å²) in [7, 11) is 0. The molecule has 0 fully saturated rings. The third-order valence-corrected chi connectivity index (χ3v) is 7.72. The first-order valence-electron chi connectivity index (χ1n) is 12.4. The fourth-order valence-electron chi connectivity index (χ4n) is 4.63. The maximum Gasteiger partial charge on any atom is 0.422 e. The third kappa shape index (κ3) is 5.79. The summed E-state index contributed by atoms with van der Waals surface area (Å²) in [6.07, 6.45) is -4.74. The number of aryl methyl sites for hydroxylation is 2. The summed E-state index contributed by atoms with van der Waals surface area (Å²) in [6.45, 7) is 2.36. The molecule has 0 unspecified atom stereocenters. The zero-order valence-electron chi connectivity index (χ0n) is 21.3. The molecule has 1 heterocycles. The van der Waals surface area contributed by atoms with Gasteiger partial charge in [-0.1, -0.05) is 24.3 Å². The minimum Gasteiger partial charge on any atom is -0.494 e. The first kappa shape index (κ1) is 28.6. The Morgan fingerprint density at radius 1 is 0.683 bits per heavy atom. The van der Waals surface area contributed by atoms with Gasteiger partial charge < -0.3 is 4.74 Å². The zero-order valence-corrected chi connectivity index (χ0v) is 22.1. The van der Waals surface area contributed by atoms with E-state index >= 15 is 4.39 Å². The number of rotatable bonds is 7. The van der Waals surface area contributed by atoms with Gasteiger partial charge in [0, 0.05) is 10.1 Å². The second-order valence-corrected chi connectivity index (χ2v) is 10.3. The van der Waals surface area contributed by atoms with E-state index in [0.717, 1.165) is 22.4 Å². The molecule has 0 saturated carbocycles. The van der Waals surface area contributed by atoms with Gasteiger partial charge in [0.2, 0.25) is 0 Å². The lowest BCUT2D eigenvalue weighted by Crippen LogP contribution is -2.11. The van der Waals surface area contributed by atoms with E-state index in [1.165, 1.54) is 11.3 Å². The van der Waals surface area contributed by atoms with Crippen LogP contribution in [-0.4, -0.2) is 6.61 Å². The lowest BCUT2D eigenvalue weighted by atomic mass is 9.97. The van der Waals surface area contributed by atoms with Crippen LogP contribution in [0.5, 0.6) is 5.75 Å². The highest BCUT2D eigenvalue weighted by molar-refractivity contribution is 7.22. The molecule has 0 aliphatic rings. The summed E-state index contributed by atoms with van der Waals surface area (Å²) in [4.78, 5) is 0.469. The van der Waals surface area contributed by atoms with Gasteiger partial charge in [-0.15, -0.1) is 11.3 Å². The molecule has 1 nitrogen and oxygen atoms in total. The minimum atomic E-state index is -5.30. The van der Waals surface area contributed by atoms with Crippen LogP contribution in [0.2, 0.25) is 0 Å². The van der Waals surface area contributed by atoms with Crippen LogP contribution in [0.15, 0.2) is 66.7 Å². The van der Waals surface area contributed by atoms with Crippen LogP contribution in [0.4, 0.5) is 35.1 Å². The van der Waals surface area contributed by atoms with Crippen LogP contribution >= 0.6 is 11.3 Å². The number of thiophene rings is 1. The van der Waals surface area contributed by atoms with Crippen molar-refractivity contribution in [2.45, 2.75) is 25.9 Å². The van der Waals surface area contributed by atoms with Crippen LogP contribution < -0.4 is 4.74 Å². The molecule has 0 spiro atoms. The molecule has 0 radical (unpaired) electrons. The van der Waals surface area contributed by atoms with Crippen molar-refractivity contribution in [1.29, 1.82) is 0 Å². The molecule has 0 N–H and O–H groups in total. The summed E-state index contributed by atoms with van der Waals surface area (Å²) >= 11 is 1.30. The standard InChI is InChI=1S/C31H20F8OS/c1-2-40-20-9-10-21-26(15-20)41-30(29(21)36)18-7-5-16(6-8-18)3-4-17-11-22(32)27(23(33)12-17)19-13-24(34)28(25(35)14-19)31(37,38)39/h5-15H,2-4H2,1H3.